The Hall–Kier alpha value is -1.46. The van der Waals surface area contributed by atoms with E-state index in [0.717, 1.165) is 6.92 Å². The summed E-state index contributed by atoms with van der Waals surface area (Å²) >= 11 is 0. The lowest BCUT2D eigenvalue weighted by atomic mass is 10.7. The van der Waals surface area contributed by atoms with Crippen molar-refractivity contribution < 1.29 is 29.0 Å². The summed E-state index contributed by atoms with van der Waals surface area (Å²) in [5, 5.41) is 14.8. The average Bonchev–Trinajstić information content (AvgIpc) is 1.63. The molecule has 6 heteroatoms. The van der Waals surface area contributed by atoms with Gasteiger partial charge in [-0.2, -0.15) is 4.39 Å². The van der Waals surface area contributed by atoms with Gasteiger partial charge in [0.05, 0.1) is 0 Å². The number of carbonyl (C=O) groups excluding carboxylic acids is 1. The van der Waals surface area contributed by atoms with E-state index < -0.39 is 18.0 Å². The van der Waals surface area contributed by atoms with Crippen LogP contribution in [-0.4, -0.2) is 28.2 Å². The van der Waals surface area contributed by atoms with Gasteiger partial charge in [-0.1, -0.05) is 0 Å². The van der Waals surface area contributed by atoms with Gasteiger partial charge >= 0.3 is 11.9 Å². The molecule has 0 heterocycles. The summed E-state index contributed by atoms with van der Waals surface area (Å²) in [5.41, 5.74) is 0. The molecule has 0 rings (SSSR count). The van der Waals surface area contributed by atoms with Crippen LogP contribution in [0.2, 0.25) is 0 Å². The van der Waals surface area contributed by atoms with Crippen LogP contribution in [0.25, 0.3) is 0 Å². The summed E-state index contributed by atoms with van der Waals surface area (Å²) in [6.45, 7) is 0.861. The van der Waals surface area contributed by atoms with Gasteiger partial charge in [-0.15, -0.1) is 0 Å². The molecule has 0 unspecified atom stereocenters. The van der Waals surface area contributed by atoms with Crippen LogP contribution in [0.1, 0.15) is 6.92 Å². The standard InChI is InChI=1S/C2H3FO.C2H2O4/c1-2(3)4;3-1(4)2(5)6/h1H3;(H,3,4)(H,5,6). The van der Waals surface area contributed by atoms with Gasteiger partial charge in [0.15, 0.2) is 0 Å². The summed E-state index contributed by atoms with van der Waals surface area (Å²) < 4.78 is 10.4. The molecule has 0 spiro atoms. The maximum absolute atomic E-state index is 10.4. The minimum atomic E-state index is -1.82. The summed E-state index contributed by atoms with van der Waals surface area (Å²) in [7, 11) is 0. The van der Waals surface area contributed by atoms with Crippen molar-refractivity contribution in [2.24, 2.45) is 0 Å². The highest BCUT2D eigenvalue weighted by molar-refractivity contribution is 6.27. The Morgan fingerprint density at radius 3 is 1.20 bits per heavy atom. The molecule has 0 atom stereocenters. The number of halogens is 1. The lowest BCUT2D eigenvalue weighted by molar-refractivity contribution is -0.159. The first-order valence-electron chi connectivity index (χ1n) is 2.00. The molecule has 0 saturated carbocycles. The fourth-order valence-electron chi connectivity index (χ4n) is 0. The molecule has 5 nitrogen and oxygen atoms in total. The molecule has 0 aromatic carbocycles. The van der Waals surface area contributed by atoms with Crippen LogP contribution in [0, 0.1) is 0 Å². The van der Waals surface area contributed by atoms with Gasteiger partial charge in [-0.05, 0) is 0 Å². The molecule has 0 aromatic rings. The molecular weight excluding hydrogens is 147 g/mol. The molecule has 0 bridgehead atoms. The third-order valence-electron chi connectivity index (χ3n) is 0.183. The monoisotopic (exact) mass is 152 g/mol. The number of carboxylic acids is 2. The maximum atomic E-state index is 10.4. The van der Waals surface area contributed by atoms with Gasteiger partial charge in [0.2, 0.25) is 0 Å². The number of rotatable bonds is 0. The van der Waals surface area contributed by atoms with Crippen molar-refractivity contribution in [3.8, 4) is 0 Å². The van der Waals surface area contributed by atoms with Crippen molar-refractivity contribution in [2.75, 3.05) is 0 Å². The van der Waals surface area contributed by atoms with E-state index in [2.05, 4.69) is 0 Å². The highest BCUT2D eigenvalue weighted by Gasteiger charge is 2.04. The fraction of sp³-hybridized carbons (Fsp3) is 0.250. The molecular formula is C4H5FO5. The van der Waals surface area contributed by atoms with E-state index in [1.165, 1.54) is 0 Å². The van der Waals surface area contributed by atoms with Crippen LogP contribution in [0.4, 0.5) is 4.39 Å². The zero-order valence-corrected chi connectivity index (χ0v) is 5.00. The van der Waals surface area contributed by atoms with Crippen molar-refractivity contribution in [1.29, 1.82) is 0 Å². The second-order valence-corrected chi connectivity index (χ2v) is 1.08. The molecule has 10 heavy (non-hydrogen) atoms. The van der Waals surface area contributed by atoms with Crippen molar-refractivity contribution >= 4 is 18.0 Å². The van der Waals surface area contributed by atoms with E-state index in [-0.39, 0.29) is 0 Å². The van der Waals surface area contributed by atoms with Crippen LogP contribution < -0.4 is 0 Å². The number of hydrogen-bond donors (Lipinski definition) is 2. The molecule has 0 aliphatic heterocycles. The van der Waals surface area contributed by atoms with Gasteiger partial charge in [0, 0.05) is 6.92 Å². The van der Waals surface area contributed by atoms with Gasteiger partial charge in [0.1, 0.15) is 0 Å². The Morgan fingerprint density at radius 1 is 1.10 bits per heavy atom. The van der Waals surface area contributed by atoms with Crippen LogP contribution in [0.5, 0.6) is 0 Å². The SMILES string of the molecule is CC(=O)F.O=C(O)C(=O)O. The molecule has 0 fully saturated rings. The van der Waals surface area contributed by atoms with Crippen molar-refractivity contribution in [1.82, 2.24) is 0 Å². The zero-order valence-electron chi connectivity index (χ0n) is 5.00. The van der Waals surface area contributed by atoms with E-state index >= 15 is 0 Å². The molecule has 0 amide bonds. The quantitative estimate of drug-likeness (QED) is 0.366. The molecule has 0 aliphatic rings. The average molecular weight is 152 g/mol. The lowest BCUT2D eigenvalue weighted by Crippen LogP contribution is -2.09. The Labute approximate surface area is 55.1 Å². The van der Waals surface area contributed by atoms with Crippen molar-refractivity contribution in [3.05, 3.63) is 0 Å². The Morgan fingerprint density at radius 2 is 1.20 bits per heavy atom. The summed E-state index contributed by atoms with van der Waals surface area (Å²) in [6.07, 6.45) is 0. The van der Waals surface area contributed by atoms with Crippen LogP contribution in [-0.2, 0) is 14.4 Å². The minimum Gasteiger partial charge on any atom is -0.473 e. The molecule has 0 aromatic heterocycles. The van der Waals surface area contributed by atoms with E-state index in [1.54, 1.807) is 0 Å². The molecule has 58 valence electrons. The van der Waals surface area contributed by atoms with Gasteiger partial charge in [-0.3, -0.25) is 4.79 Å². The normalized spacial score (nSPS) is 7.00. The smallest absolute Gasteiger partial charge is 0.414 e. The Bertz CT molecular complexity index is 136. The number of hydrogen-bond acceptors (Lipinski definition) is 3. The van der Waals surface area contributed by atoms with Gasteiger partial charge in [0.25, 0.3) is 6.04 Å². The lowest BCUT2D eigenvalue weighted by Gasteiger charge is -1.72. The van der Waals surface area contributed by atoms with Crippen molar-refractivity contribution in [3.63, 3.8) is 0 Å². The predicted octanol–water partition coefficient (Wildman–Crippen LogP) is -0.342. The maximum Gasteiger partial charge on any atom is 0.414 e. The summed E-state index contributed by atoms with van der Waals surface area (Å²) in [4.78, 5) is 27.0. The predicted molar refractivity (Wildman–Crippen MR) is 27.1 cm³/mol. The summed E-state index contributed by atoms with van der Waals surface area (Å²) in [6, 6.07) is -1.33. The largest absolute Gasteiger partial charge is 0.473 e. The highest BCUT2D eigenvalue weighted by atomic mass is 19.1. The third-order valence-corrected chi connectivity index (χ3v) is 0.183. The zero-order chi connectivity index (χ0) is 8.73. The first-order valence-corrected chi connectivity index (χ1v) is 2.00. The summed E-state index contributed by atoms with van der Waals surface area (Å²) in [5.74, 6) is -3.65. The molecule has 2 N–H and O–H groups in total. The number of aliphatic carboxylic acids is 2. The fourth-order valence-corrected chi connectivity index (χ4v) is 0. The van der Waals surface area contributed by atoms with Crippen LogP contribution >= 0.6 is 0 Å². The highest BCUT2D eigenvalue weighted by Crippen LogP contribution is 1.58. The second-order valence-electron chi connectivity index (χ2n) is 1.08. The molecule has 0 radical (unpaired) electrons. The van der Waals surface area contributed by atoms with E-state index in [9.17, 15) is 4.39 Å². The first-order chi connectivity index (χ1) is 4.37. The minimum absolute atomic E-state index is 0.861. The van der Waals surface area contributed by atoms with Gasteiger partial charge < -0.3 is 10.2 Å². The Balaban J connectivity index is 0. The first kappa shape index (κ1) is 11.4. The van der Waals surface area contributed by atoms with Crippen LogP contribution in [0.3, 0.4) is 0 Å². The number of carboxylic acid groups (broad SMARTS) is 2. The third kappa shape index (κ3) is 31.1. The molecule has 0 aliphatic carbocycles. The van der Waals surface area contributed by atoms with Crippen molar-refractivity contribution in [2.45, 2.75) is 6.92 Å². The second kappa shape index (κ2) is 5.67. The molecule has 0 saturated heterocycles. The van der Waals surface area contributed by atoms with Crippen LogP contribution in [0.15, 0.2) is 0 Å². The number of carbonyl (C=O) groups is 3. The van der Waals surface area contributed by atoms with E-state index in [4.69, 9.17) is 24.6 Å². The Kier molecular flexibility index (Phi) is 6.44. The van der Waals surface area contributed by atoms with Gasteiger partial charge in [-0.25, -0.2) is 9.59 Å². The van der Waals surface area contributed by atoms with E-state index in [1.807, 2.05) is 0 Å². The topological polar surface area (TPSA) is 91.7 Å². The van der Waals surface area contributed by atoms with E-state index in [0.29, 0.717) is 0 Å².